The first kappa shape index (κ1) is 18.8. The summed E-state index contributed by atoms with van der Waals surface area (Å²) < 4.78 is 0. The molecule has 1 N–H and O–H groups in total. The maximum absolute atomic E-state index is 12.8. The molecule has 1 aliphatic carbocycles. The quantitative estimate of drug-likeness (QED) is 0.884. The Morgan fingerprint density at radius 3 is 2.82 bits per heavy atom. The second kappa shape index (κ2) is 8.25. The van der Waals surface area contributed by atoms with Crippen LogP contribution in [0.2, 0.25) is 0 Å². The zero-order chi connectivity index (χ0) is 19.5. The number of piperidine rings is 1. The van der Waals surface area contributed by atoms with Crippen molar-refractivity contribution < 1.29 is 4.79 Å². The fraction of sp³-hybridized carbons (Fsp3) is 0.545. The molecular weight excluding hydrogens is 350 g/mol. The van der Waals surface area contributed by atoms with Crippen LogP contribution in [0.15, 0.2) is 30.7 Å². The van der Waals surface area contributed by atoms with Gasteiger partial charge < -0.3 is 10.2 Å². The molecule has 0 aromatic carbocycles. The summed E-state index contributed by atoms with van der Waals surface area (Å²) in [6.45, 7) is 6.39. The molecule has 1 fully saturated rings. The second-order valence-corrected chi connectivity index (χ2v) is 8.27. The third kappa shape index (κ3) is 4.16. The smallest absolute Gasteiger partial charge is 0.225 e. The van der Waals surface area contributed by atoms with E-state index < -0.39 is 0 Å². The standard InChI is InChI=1S/C22H29N5O/c1-15-7-10-27(11-8-15)22-24-14-19-12-17(5-6-20(19)26-22)21(28)25-16(2)18-4-3-9-23-13-18/h3-4,9,13-17H,5-8,10-12H2,1-2H3,(H,25,28)/t16-,17+/m1/s1. The van der Waals surface area contributed by atoms with Gasteiger partial charge in [-0.25, -0.2) is 9.97 Å². The van der Waals surface area contributed by atoms with Crippen molar-refractivity contribution in [2.45, 2.75) is 52.0 Å². The largest absolute Gasteiger partial charge is 0.349 e. The van der Waals surface area contributed by atoms with E-state index in [0.29, 0.717) is 0 Å². The number of carbonyl (C=O) groups is 1. The molecule has 6 heteroatoms. The Morgan fingerprint density at radius 1 is 1.25 bits per heavy atom. The first-order valence-corrected chi connectivity index (χ1v) is 10.4. The molecule has 0 radical (unpaired) electrons. The van der Waals surface area contributed by atoms with Gasteiger partial charge in [-0.3, -0.25) is 9.78 Å². The molecule has 2 atom stereocenters. The fourth-order valence-corrected chi connectivity index (χ4v) is 4.13. The minimum Gasteiger partial charge on any atom is -0.349 e. The topological polar surface area (TPSA) is 71.0 Å². The summed E-state index contributed by atoms with van der Waals surface area (Å²) in [5.41, 5.74) is 3.26. The highest BCUT2D eigenvalue weighted by Gasteiger charge is 2.28. The van der Waals surface area contributed by atoms with E-state index in [-0.39, 0.29) is 17.9 Å². The van der Waals surface area contributed by atoms with Gasteiger partial charge in [0.05, 0.1) is 6.04 Å². The van der Waals surface area contributed by atoms with Crippen LogP contribution in [0.3, 0.4) is 0 Å². The predicted molar refractivity (Wildman–Crippen MR) is 109 cm³/mol. The van der Waals surface area contributed by atoms with E-state index in [4.69, 9.17) is 4.98 Å². The van der Waals surface area contributed by atoms with Crippen LogP contribution < -0.4 is 10.2 Å². The molecule has 28 heavy (non-hydrogen) atoms. The number of hydrogen-bond acceptors (Lipinski definition) is 5. The van der Waals surface area contributed by atoms with Gasteiger partial charge >= 0.3 is 0 Å². The highest BCUT2D eigenvalue weighted by Crippen LogP contribution is 2.27. The Morgan fingerprint density at radius 2 is 2.07 bits per heavy atom. The third-order valence-corrected chi connectivity index (χ3v) is 6.12. The lowest BCUT2D eigenvalue weighted by atomic mass is 9.86. The van der Waals surface area contributed by atoms with Crippen LogP contribution in [0.4, 0.5) is 5.95 Å². The highest BCUT2D eigenvalue weighted by molar-refractivity contribution is 5.79. The van der Waals surface area contributed by atoms with Crippen molar-refractivity contribution in [1.29, 1.82) is 0 Å². The van der Waals surface area contributed by atoms with Crippen molar-refractivity contribution in [1.82, 2.24) is 20.3 Å². The number of nitrogens with one attached hydrogen (secondary N) is 1. The van der Waals surface area contributed by atoms with Gasteiger partial charge in [0.1, 0.15) is 0 Å². The van der Waals surface area contributed by atoms with Crippen LogP contribution in [0.25, 0.3) is 0 Å². The summed E-state index contributed by atoms with van der Waals surface area (Å²) in [5, 5.41) is 3.14. The van der Waals surface area contributed by atoms with Crippen LogP contribution in [-0.2, 0) is 17.6 Å². The van der Waals surface area contributed by atoms with Crippen LogP contribution >= 0.6 is 0 Å². The lowest BCUT2D eigenvalue weighted by Gasteiger charge is -2.31. The maximum Gasteiger partial charge on any atom is 0.225 e. The fourth-order valence-electron chi connectivity index (χ4n) is 4.13. The minimum absolute atomic E-state index is 0.0168. The van der Waals surface area contributed by atoms with Crippen LogP contribution in [-0.4, -0.2) is 33.9 Å². The number of fused-ring (bicyclic) bond motifs is 1. The summed E-state index contributed by atoms with van der Waals surface area (Å²) >= 11 is 0. The summed E-state index contributed by atoms with van der Waals surface area (Å²) in [6.07, 6.45) is 10.3. The Bertz CT molecular complexity index is 817. The maximum atomic E-state index is 12.8. The first-order chi connectivity index (χ1) is 13.6. The number of aryl methyl sites for hydroxylation is 1. The van der Waals surface area contributed by atoms with Crippen molar-refractivity contribution in [3.8, 4) is 0 Å². The minimum atomic E-state index is -0.0392. The van der Waals surface area contributed by atoms with Gasteiger partial charge in [0.15, 0.2) is 0 Å². The van der Waals surface area contributed by atoms with Crippen molar-refractivity contribution >= 4 is 11.9 Å². The molecule has 148 valence electrons. The Kier molecular flexibility index (Phi) is 5.55. The van der Waals surface area contributed by atoms with Crippen LogP contribution in [0, 0.1) is 11.8 Å². The monoisotopic (exact) mass is 379 g/mol. The van der Waals surface area contributed by atoms with Gasteiger partial charge in [0.2, 0.25) is 11.9 Å². The van der Waals surface area contributed by atoms with E-state index in [1.807, 2.05) is 25.3 Å². The Hall–Kier alpha value is -2.50. The number of rotatable bonds is 4. The Balaban J connectivity index is 1.38. The summed E-state index contributed by atoms with van der Waals surface area (Å²) in [5.74, 6) is 1.74. The molecular formula is C22H29N5O. The number of nitrogens with zero attached hydrogens (tertiary/aromatic N) is 4. The molecule has 2 aromatic rings. The van der Waals surface area contributed by atoms with Gasteiger partial charge in [-0.05, 0) is 62.1 Å². The zero-order valence-electron chi connectivity index (χ0n) is 16.8. The van der Waals surface area contributed by atoms with Crippen molar-refractivity contribution in [3.05, 3.63) is 47.5 Å². The average molecular weight is 380 g/mol. The first-order valence-electron chi connectivity index (χ1n) is 10.4. The molecule has 0 spiro atoms. The Labute approximate surface area is 166 Å². The predicted octanol–water partition coefficient (Wildman–Crippen LogP) is 3.09. The SMILES string of the molecule is CC1CCN(c2ncc3c(n2)CC[C@H](C(=O)N[C@H](C)c2cccnc2)C3)CC1. The number of carbonyl (C=O) groups excluding carboxylic acids is 1. The number of anilines is 1. The van der Waals surface area contributed by atoms with Crippen molar-refractivity contribution in [2.24, 2.45) is 11.8 Å². The van der Waals surface area contributed by atoms with E-state index >= 15 is 0 Å². The molecule has 0 saturated carbocycles. The highest BCUT2D eigenvalue weighted by atomic mass is 16.1. The molecule has 1 aliphatic heterocycles. The molecule has 2 aliphatic rings. The van der Waals surface area contributed by atoms with E-state index in [9.17, 15) is 4.79 Å². The van der Waals surface area contributed by atoms with Gasteiger partial charge in [0.25, 0.3) is 0 Å². The van der Waals surface area contributed by atoms with Crippen LogP contribution in [0.5, 0.6) is 0 Å². The van der Waals surface area contributed by atoms with E-state index in [2.05, 4.69) is 27.1 Å². The van der Waals surface area contributed by atoms with Crippen molar-refractivity contribution in [2.75, 3.05) is 18.0 Å². The second-order valence-electron chi connectivity index (χ2n) is 8.27. The zero-order valence-corrected chi connectivity index (χ0v) is 16.8. The van der Waals surface area contributed by atoms with Gasteiger partial charge in [0, 0.05) is 43.3 Å². The van der Waals surface area contributed by atoms with Crippen LogP contribution in [0.1, 0.15) is 56.0 Å². The average Bonchev–Trinajstić information content (AvgIpc) is 2.74. The lowest BCUT2D eigenvalue weighted by molar-refractivity contribution is -0.126. The molecule has 1 amide bonds. The molecule has 2 aromatic heterocycles. The summed E-state index contributed by atoms with van der Waals surface area (Å²) in [6, 6.07) is 3.85. The normalized spacial score (nSPS) is 21.1. The number of aromatic nitrogens is 3. The van der Waals surface area contributed by atoms with Crippen molar-refractivity contribution in [3.63, 3.8) is 0 Å². The van der Waals surface area contributed by atoms with Gasteiger partial charge in [-0.1, -0.05) is 13.0 Å². The molecule has 1 saturated heterocycles. The van der Waals surface area contributed by atoms with Gasteiger partial charge in [-0.2, -0.15) is 0 Å². The number of hydrogen-bond donors (Lipinski definition) is 1. The lowest BCUT2D eigenvalue weighted by Crippen LogP contribution is -2.37. The molecule has 0 unspecified atom stereocenters. The van der Waals surface area contributed by atoms with E-state index in [1.54, 1.807) is 12.4 Å². The summed E-state index contributed by atoms with van der Waals surface area (Å²) in [7, 11) is 0. The number of pyridine rings is 1. The molecule has 6 nitrogen and oxygen atoms in total. The third-order valence-electron chi connectivity index (χ3n) is 6.12. The van der Waals surface area contributed by atoms with Gasteiger partial charge in [-0.15, -0.1) is 0 Å². The molecule has 3 heterocycles. The molecule has 4 rings (SSSR count). The summed E-state index contributed by atoms with van der Waals surface area (Å²) in [4.78, 5) is 28.6. The number of amides is 1. The van der Waals surface area contributed by atoms with E-state index in [1.165, 1.54) is 12.8 Å². The van der Waals surface area contributed by atoms with E-state index in [0.717, 1.165) is 61.0 Å². The molecule has 0 bridgehead atoms.